The van der Waals surface area contributed by atoms with Crippen molar-refractivity contribution in [2.45, 2.75) is 33.6 Å². The highest BCUT2D eigenvalue weighted by Gasteiger charge is 2.10. The molecule has 1 aromatic carbocycles. The van der Waals surface area contributed by atoms with Crippen LogP contribution in [0.3, 0.4) is 0 Å². The first-order valence-corrected chi connectivity index (χ1v) is 6.15. The van der Waals surface area contributed by atoms with Crippen molar-refractivity contribution >= 4 is 5.78 Å². The van der Waals surface area contributed by atoms with Crippen LogP contribution in [0.4, 0.5) is 0 Å². The molecule has 0 bridgehead atoms. The van der Waals surface area contributed by atoms with E-state index < -0.39 is 0 Å². The van der Waals surface area contributed by atoms with Crippen LogP contribution in [0.2, 0.25) is 0 Å². The van der Waals surface area contributed by atoms with Crippen molar-refractivity contribution in [3.63, 3.8) is 0 Å². The van der Waals surface area contributed by atoms with Crippen LogP contribution in [0.15, 0.2) is 18.2 Å². The molecule has 0 spiro atoms. The van der Waals surface area contributed by atoms with Gasteiger partial charge in [-0.3, -0.25) is 4.79 Å². The van der Waals surface area contributed by atoms with Crippen LogP contribution in [-0.4, -0.2) is 19.0 Å². The smallest absolute Gasteiger partial charge is 0.162 e. The topological polar surface area (TPSA) is 35.5 Å². The van der Waals surface area contributed by atoms with Gasteiger partial charge in [0.15, 0.2) is 17.3 Å². The second kappa shape index (κ2) is 6.94. The first-order chi connectivity index (χ1) is 8.22. The zero-order chi connectivity index (χ0) is 12.7. The summed E-state index contributed by atoms with van der Waals surface area (Å²) in [6, 6.07) is 5.36. The van der Waals surface area contributed by atoms with Gasteiger partial charge < -0.3 is 9.47 Å². The summed E-state index contributed by atoms with van der Waals surface area (Å²) in [5.74, 6) is 1.48. The van der Waals surface area contributed by atoms with Gasteiger partial charge >= 0.3 is 0 Å². The molecule has 1 aromatic rings. The number of ether oxygens (including phenoxy) is 2. The van der Waals surface area contributed by atoms with E-state index in [2.05, 4.69) is 6.92 Å². The minimum absolute atomic E-state index is 0.119. The summed E-state index contributed by atoms with van der Waals surface area (Å²) in [7, 11) is 0. The number of hydrogen-bond acceptors (Lipinski definition) is 3. The Balaban J connectivity index is 2.94. The third-order valence-corrected chi connectivity index (χ3v) is 2.35. The fraction of sp³-hybridized carbons (Fsp3) is 0.500. The number of rotatable bonds is 7. The van der Waals surface area contributed by atoms with E-state index in [1.807, 2.05) is 19.9 Å². The summed E-state index contributed by atoms with van der Waals surface area (Å²) in [6.07, 6.45) is 1.45. The number of hydrogen-bond donors (Lipinski definition) is 0. The summed E-state index contributed by atoms with van der Waals surface area (Å²) in [5.41, 5.74) is 0.680. The minimum atomic E-state index is 0.119. The van der Waals surface area contributed by atoms with Crippen LogP contribution in [0, 0.1) is 0 Å². The zero-order valence-corrected chi connectivity index (χ0v) is 10.8. The van der Waals surface area contributed by atoms with E-state index in [1.54, 1.807) is 12.1 Å². The zero-order valence-electron chi connectivity index (χ0n) is 10.8. The molecular formula is C14H20O3. The quantitative estimate of drug-likeness (QED) is 0.680. The fourth-order valence-corrected chi connectivity index (χ4v) is 1.49. The average Bonchev–Trinajstić information content (AvgIpc) is 2.36. The van der Waals surface area contributed by atoms with Crippen LogP contribution < -0.4 is 9.47 Å². The van der Waals surface area contributed by atoms with Gasteiger partial charge in [-0.2, -0.15) is 0 Å². The van der Waals surface area contributed by atoms with E-state index in [9.17, 15) is 4.79 Å². The van der Waals surface area contributed by atoms with Crippen molar-refractivity contribution in [2.75, 3.05) is 13.2 Å². The molecule has 0 saturated carbocycles. The lowest BCUT2D eigenvalue weighted by atomic mass is 10.1. The summed E-state index contributed by atoms with van der Waals surface area (Å²) >= 11 is 0. The number of ketones is 1. The molecule has 3 heteroatoms. The van der Waals surface area contributed by atoms with Gasteiger partial charge in [0, 0.05) is 12.0 Å². The molecule has 0 fully saturated rings. The average molecular weight is 236 g/mol. The van der Waals surface area contributed by atoms with Crippen molar-refractivity contribution in [2.24, 2.45) is 0 Å². The van der Waals surface area contributed by atoms with Crippen LogP contribution in [0.5, 0.6) is 11.5 Å². The third kappa shape index (κ3) is 3.77. The van der Waals surface area contributed by atoms with Crippen LogP contribution in [0.1, 0.15) is 44.0 Å². The second-order valence-electron chi connectivity index (χ2n) is 3.72. The molecule has 0 heterocycles. The maximum Gasteiger partial charge on any atom is 0.162 e. The normalized spacial score (nSPS) is 10.1. The van der Waals surface area contributed by atoms with Gasteiger partial charge in [0.2, 0.25) is 0 Å². The highest BCUT2D eigenvalue weighted by Crippen LogP contribution is 2.29. The van der Waals surface area contributed by atoms with Gasteiger partial charge in [0.25, 0.3) is 0 Å². The Morgan fingerprint density at radius 3 is 2.47 bits per heavy atom. The van der Waals surface area contributed by atoms with Crippen molar-refractivity contribution in [3.05, 3.63) is 23.8 Å². The summed E-state index contributed by atoms with van der Waals surface area (Å²) in [4.78, 5) is 11.6. The Labute approximate surface area is 103 Å². The minimum Gasteiger partial charge on any atom is -0.490 e. The summed E-state index contributed by atoms with van der Waals surface area (Å²) in [5, 5.41) is 0. The SMILES string of the molecule is CCCOc1ccc(C(=O)CC)cc1OCC. The highest BCUT2D eigenvalue weighted by molar-refractivity contribution is 5.96. The highest BCUT2D eigenvalue weighted by atomic mass is 16.5. The summed E-state index contributed by atoms with van der Waals surface area (Å²) < 4.78 is 11.1. The lowest BCUT2D eigenvalue weighted by molar-refractivity contribution is 0.0987. The molecule has 1 rings (SSSR count). The maximum absolute atomic E-state index is 11.6. The number of carbonyl (C=O) groups is 1. The molecule has 0 unspecified atom stereocenters. The van der Waals surface area contributed by atoms with Crippen molar-refractivity contribution in [3.8, 4) is 11.5 Å². The van der Waals surface area contributed by atoms with Crippen molar-refractivity contribution < 1.29 is 14.3 Å². The first kappa shape index (κ1) is 13.6. The summed E-state index contributed by atoms with van der Waals surface area (Å²) in [6.45, 7) is 7.03. The molecule has 17 heavy (non-hydrogen) atoms. The Kier molecular flexibility index (Phi) is 5.53. The molecule has 0 aliphatic carbocycles. The van der Waals surface area contributed by atoms with Gasteiger partial charge in [-0.05, 0) is 31.5 Å². The second-order valence-corrected chi connectivity index (χ2v) is 3.72. The molecule has 94 valence electrons. The van der Waals surface area contributed by atoms with Crippen LogP contribution in [0.25, 0.3) is 0 Å². The first-order valence-electron chi connectivity index (χ1n) is 6.15. The largest absolute Gasteiger partial charge is 0.490 e. The molecule has 0 aliphatic heterocycles. The Morgan fingerprint density at radius 1 is 1.12 bits per heavy atom. The molecule has 0 aliphatic rings. The molecule has 0 radical (unpaired) electrons. The molecule has 0 N–H and O–H groups in total. The van der Waals surface area contributed by atoms with Gasteiger partial charge in [0.05, 0.1) is 13.2 Å². The van der Waals surface area contributed by atoms with Crippen LogP contribution in [-0.2, 0) is 0 Å². The van der Waals surface area contributed by atoms with Gasteiger partial charge in [-0.15, -0.1) is 0 Å². The van der Waals surface area contributed by atoms with E-state index >= 15 is 0 Å². The van der Waals surface area contributed by atoms with E-state index in [0.29, 0.717) is 36.7 Å². The van der Waals surface area contributed by atoms with Gasteiger partial charge in [-0.25, -0.2) is 0 Å². The monoisotopic (exact) mass is 236 g/mol. The van der Waals surface area contributed by atoms with E-state index in [4.69, 9.17) is 9.47 Å². The Bertz CT molecular complexity index is 372. The fourth-order valence-electron chi connectivity index (χ4n) is 1.49. The van der Waals surface area contributed by atoms with Crippen molar-refractivity contribution in [1.29, 1.82) is 0 Å². The van der Waals surface area contributed by atoms with Crippen molar-refractivity contribution in [1.82, 2.24) is 0 Å². The number of carbonyl (C=O) groups excluding carboxylic acids is 1. The maximum atomic E-state index is 11.6. The number of benzene rings is 1. The molecule has 0 aromatic heterocycles. The van der Waals surface area contributed by atoms with E-state index in [1.165, 1.54) is 0 Å². The lowest BCUT2D eigenvalue weighted by Gasteiger charge is -2.12. The van der Waals surface area contributed by atoms with Crippen LogP contribution >= 0.6 is 0 Å². The lowest BCUT2D eigenvalue weighted by Crippen LogP contribution is -2.03. The van der Waals surface area contributed by atoms with Gasteiger partial charge in [0.1, 0.15) is 0 Å². The standard InChI is InChI=1S/C14H20O3/c1-4-9-17-13-8-7-11(12(15)5-2)10-14(13)16-6-3/h7-8,10H,4-6,9H2,1-3H3. The predicted molar refractivity (Wildman–Crippen MR) is 68.0 cm³/mol. The molecule has 0 amide bonds. The van der Waals surface area contributed by atoms with Gasteiger partial charge in [-0.1, -0.05) is 13.8 Å². The Morgan fingerprint density at radius 2 is 1.88 bits per heavy atom. The third-order valence-electron chi connectivity index (χ3n) is 2.35. The predicted octanol–water partition coefficient (Wildman–Crippen LogP) is 3.47. The Hall–Kier alpha value is -1.51. The van der Waals surface area contributed by atoms with E-state index in [0.717, 1.165) is 6.42 Å². The van der Waals surface area contributed by atoms with E-state index in [-0.39, 0.29) is 5.78 Å². The molecule has 0 atom stereocenters. The molecule has 0 saturated heterocycles. The molecule has 3 nitrogen and oxygen atoms in total. The molecular weight excluding hydrogens is 216 g/mol. The number of Topliss-reactive ketones (excluding diaryl/α,β-unsaturated/α-hetero) is 1.